The van der Waals surface area contributed by atoms with Crippen molar-refractivity contribution in [1.29, 1.82) is 0 Å². The minimum absolute atomic E-state index is 0.173. The van der Waals surface area contributed by atoms with E-state index >= 15 is 0 Å². The molecule has 0 radical (unpaired) electrons. The number of rotatable bonds is 5. The zero-order valence-electron chi connectivity index (χ0n) is 30.3. The number of nitrogens with zero attached hydrogens (tertiary/aromatic N) is 1. The molecule has 0 atom stereocenters. The van der Waals surface area contributed by atoms with Gasteiger partial charge < -0.3 is 9.32 Å². The van der Waals surface area contributed by atoms with Crippen LogP contribution in [0.1, 0.15) is 43.2 Å². The van der Waals surface area contributed by atoms with Gasteiger partial charge in [0.15, 0.2) is 0 Å². The van der Waals surface area contributed by atoms with E-state index in [9.17, 15) is 0 Å². The van der Waals surface area contributed by atoms with Crippen molar-refractivity contribution in [3.8, 4) is 33.4 Å². The van der Waals surface area contributed by atoms with Crippen molar-refractivity contribution in [3.63, 3.8) is 0 Å². The molecular formula is C52H41NO. The maximum atomic E-state index is 6.46. The molecule has 2 nitrogen and oxygen atoms in total. The number of anilines is 3. The van der Waals surface area contributed by atoms with Crippen molar-refractivity contribution in [1.82, 2.24) is 0 Å². The summed E-state index contributed by atoms with van der Waals surface area (Å²) in [4.78, 5) is 2.41. The van der Waals surface area contributed by atoms with E-state index in [1.165, 1.54) is 65.5 Å². The fourth-order valence-electron chi connectivity index (χ4n) is 12.0. The van der Waals surface area contributed by atoms with Gasteiger partial charge in [-0.15, -0.1) is 0 Å². The number of hydrogen-bond acceptors (Lipinski definition) is 2. The summed E-state index contributed by atoms with van der Waals surface area (Å²) in [6.45, 7) is 0. The van der Waals surface area contributed by atoms with Crippen LogP contribution in [-0.4, -0.2) is 0 Å². The van der Waals surface area contributed by atoms with E-state index in [0.717, 1.165) is 62.7 Å². The van der Waals surface area contributed by atoms with Crippen molar-refractivity contribution >= 4 is 39.0 Å². The Bertz CT molecular complexity index is 2710. The van der Waals surface area contributed by atoms with Crippen LogP contribution in [0.2, 0.25) is 0 Å². The Morgan fingerprint density at radius 1 is 0.426 bits per heavy atom. The Hall–Kier alpha value is -5.86. The molecule has 4 fully saturated rings. The van der Waals surface area contributed by atoms with Gasteiger partial charge >= 0.3 is 0 Å². The highest BCUT2D eigenvalue weighted by Crippen LogP contribution is 2.69. The molecule has 0 N–H and O–H groups in total. The lowest BCUT2D eigenvalue weighted by Gasteiger charge is -2.61. The lowest BCUT2D eigenvalue weighted by atomic mass is 9.43. The molecule has 1 aromatic heterocycles. The van der Waals surface area contributed by atoms with E-state index in [0.29, 0.717) is 0 Å². The number of benzene rings is 7. The Kier molecular flexibility index (Phi) is 6.55. The maximum Gasteiger partial charge on any atom is 0.137 e. The predicted octanol–water partition coefficient (Wildman–Crippen LogP) is 14.1. The van der Waals surface area contributed by atoms with Crippen LogP contribution in [-0.2, 0) is 5.41 Å². The van der Waals surface area contributed by atoms with Crippen LogP contribution in [0.15, 0.2) is 168 Å². The molecule has 5 aliphatic rings. The average molecular weight is 696 g/mol. The van der Waals surface area contributed by atoms with Crippen molar-refractivity contribution in [2.24, 2.45) is 23.7 Å². The van der Waals surface area contributed by atoms with E-state index < -0.39 is 0 Å². The molecular weight excluding hydrogens is 655 g/mol. The lowest BCUT2D eigenvalue weighted by Crippen LogP contribution is -2.55. The van der Waals surface area contributed by atoms with E-state index in [-0.39, 0.29) is 5.41 Å². The van der Waals surface area contributed by atoms with Crippen molar-refractivity contribution in [2.45, 2.75) is 37.5 Å². The third-order valence-electron chi connectivity index (χ3n) is 13.9. The van der Waals surface area contributed by atoms with Crippen LogP contribution in [0.4, 0.5) is 17.1 Å². The first-order chi connectivity index (χ1) is 26.7. The summed E-state index contributed by atoms with van der Waals surface area (Å²) in [6.07, 6.45) is 7.08. The molecule has 1 heterocycles. The molecule has 0 saturated heterocycles. The fraction of sp³-hybridized carbons (Fsp3) is 0.192. The van der Waals surface area contributed by atoms with Crippen molar-refractivity contribution < 1.29 is 4.42 Å². The SMILES string of the molecule is c1ccc(-c2ccc(N(c3ccc4c(c3)oc3ccccc34)c3ccccc3-c3ccc4c(c3)-c3ccccc3C43C4CC5CC(C4)CC3C5)cc2)cc1. The lowest BCUT2D eigenvalue weighted by molar-refractivity contribution is -0.0399. The molecule has 2 heteroatoms. The Balaban J connectivity index is 1.03. The highest BCUT2D eigenvalue weighted by molar-refractivity contribution is 6.06. The first kappa shape index (κ1) is 30.6. The average Bonchev–Trinajstić information content (AvgIpc) is 3.74. The smallest absolute Gasteiger partial charge is 0.137 e. The van der Waals surface area contributed by atoms with E-state index in [1.807, 2.05) is 6.07 Å². The quantitative estimate of drug-likeness (QED) is 0.178. The van der Waals surface area contributed by atoms with Gasteiger partial charge in [-0.3, -0.25) is 0 Å². The number of fused-ring (bicyclic) bond motifs is 6. The van der Waals surface area contributed by atoms with Crippen LogP contribution in [0.25, 0.3) is 55.3 Å². The highest BCUT2D eigenvalue weighted by atomic mass is 16.3. The van der Waals surface area contributed by atoms with Gasteiger partial charge in [0.05, 0.1) is 5.69 Å². The third-order valence-corrected chi connectivity index (χ3v) is 13.9. The largest absolute Gasteiger partial charge is 0.456 e. The Morgan fingerprint density at radius 2 is 1.04 bits per heavy atom. The standard InChI is InChI=1S/C52H41NO/c1-2-10-35(11-3-1)36-18-21-40(22-19-36)53(41-23-24-45-44-14-6-9-17-50(44)54-51(45)32-41)49-16-8-5-12-42(49)37-20-25-48-46(31-37)43-13-4-7-15-47(43)52(48)38-27-33-26-34(29-38)30-39(52)28-33/h1-25,31-34,38-39H,26-30H2. The van der Waals surface area contributed by atoms with E-state index in [4.69, 9.17) is 4.42 Å². The van der Waals surface area contributed by atoms with E-state index in [2.05, 4.69) is 163 Å². The Morgan fingerprint density at radius 3 is 1.85 bits per heavy atom. The number of para-hydroxylation sites is 2. The molecule has 4 bridgehead atoms. The normalized spacial score (nSPS) is 23.3. The summed E-state index contributed by atoms with van der Waals surface area (Å²) < 4.78 is 6.46. The molecule has 54 heavy (non-hydrogen) atoms. The maximum absolute atomic E-state index is 6.46. The number of furan rings is 1. The van der Waals surface area contributed by atoms with Gasteiger partial charge in [0.2, 0.25) is 0 Å². The van der Waals surface area contributed by atoms with Crippen LogP contribution in [0.3, 0.4) is 0 Å². The fourth-order valence-corrected chi connectivity index (χ4v) is 12.0. The molecule has 13 rings (SSSR count). The molecule has 8 aromatic rings. The van der Waals surface area contributed by atoms with Gasteiger partial charge in [0.1, 0.15) is 11.2 Å². The zero-order chi connectivity index (χ0) is 35.4. The molecule has 260 valence electrons. The van der Waals surface area contributed by atoms with Crippen molar-refractivity contribution in [2.75, 3.05) is 4.90 Å². The summed E-state index contributed by atoms with van der Waals surface area (Å²) in [5.41, 5.74) is 16.3. The summed E-state index contributed by atoms with van der Waals surface area (Å²) in [5, 5.41) is 2.28. The second-order valence-corrected chi connectivity index (χ2v) is 16.5. The molecule has 4 saturated carbocycles. The molecule has 5 aliphatic carbocycles. The molecule has 0 unspecified atom stereocenters. The van der Waals surface area contributed by atoms with Gasteiger partial charge in [0, 0.05) is 39.2 Å². The van der Waals surface area contributed by atoms with Gasteiger partial charge in [-0.2, -0.15) is 0 Å². The first-order valence-corrected chi connectivity index (χ1v) is 19.9. The minimum atomic E-state index is 0.173. The first-order valence-electron chi connectivity index (χ1n) is 19.9. The van der Waals surface area contributed by atoms with Crippen LogP contribution in [0.5, 0.6) is 0 Å². The van der Waals surface area contributed by atoms with Gasteiger partial charge in [-0.25, -0.2) is 0 Å². The molecule has 7 aromatic carbocycles. The highest BCUT2D eigenvalue weighted by Gasteiger charge is 2.61. The van der Waals surface area contributed by atoms with E-state index in [1.54, 1.807) is 11.1 Å². The van der Waals surface area contributed by atoms with Crippen LogP contribution in [0, 0.1) is 23.7 Å². The summed E-state index contributed by atoms with van der Waals surface area (Å²) in [7, 11) is 0. The molecule has 1 spiro atoms. The summed E-state index contributed by atoms with van der Waals surface area (Å²) in [5.74, 6) is 3.40. The third kappa shape index (κ3) is 4.34. The second-order valence-electron chi connectivity index (χ2n) is 16.5. The van der Waals surface area contributed by atoms with Gasteiger partial charge in [-0.05, 0) is 137 Å². The van der Waals surface area contributed by atoms with Gasteiger partial charge in [0.25, 0.3) is 0 Å². The monoisotopic (exact) mass is 695 g/mol. The molecule has 0 aliphatic heterocycles. The summed E-state index contributed by atoms with van der Waals surface area (Å²) >= 11 is 0. The Labute approximate surface area is 316 Å². The topological polar surface area (TPSA) is 16.4 Å². The van der Waals surface area contributed by atoms with Crippen molar-refractivity contribution in [3.05, 3.63) is 175 Å². The minimum Gasteiger partial charge on any atom is -0.456 e. The molecule has 0 amide bonds. The second kappa shape index (κ2) is 11.6. The van der Waals surface area contributed by atoms with Gasteiger partial charge in [-0.1, -0.05) is 115 Å². The van der Waals surface area contributed by atoms with Crippen LogP contribution >= 0.6 is 0 Å². The van der Waals surface area contributed by atoms with Crippen LogP contribution < -0.4 is 4.90 Å². The zero-order valence-corrected chi connectivity index (χ0v) is 30.3. The summed E-state index contributed by atoms with van der Waals surface area (Å²) in [6, 6.07) is 60.6. The number of hydrogen-bond donors (Lipinski definition) is 0. The predicted molar refractivity (Wildman–Crippen MR) is 223 cm³/mol.